The highest BCUT2D eigenvalue weighted by Gasteiger charge is 2.33. The highest BCUT2D eigenvalue weighted by Crippen LogP contribution is 2.30. The maximum atomic E-state index is 12.4. The summed E-state index contributed by atoms with van der Waals surface area (Å²) in [5.74, 6) is -1.18. The molecule has 0 aromatic carbocycles. The van der Waals surface area contributed by atoms with Crippen LogP contribution < -0.4 is 4.74 Å². The number of rotatable bonds is 3. The minimum absolute atomic E-state index is 0.0471. The Hall–Kier alpha value is -1.00. The Kier molecular flexibility index (Phi) is 4.22. The lowest BCUT2D eigenvalue weighted by atomic mass is 10.2. The van der Waals surface area contributed by atoms with Crippen LogP contribution in [0.4, 0.5) is 22.0 Å². The number of hydrogen-bond donors (Lipinski definition) is 0. The van der Waals surface area contributed by atoms with Crippen molar-refractivity contribution in [1.82, 2.24) is 4.98 Å². The third kappa shape index (κ3) is 3.75. The third-order valence-corrected chi connectivity index (χ3v) is 2.41. The van der Waals surface area contributed by atoms with Gasteiger partial charge in [-0.05, 0) is 28.7 Å². The van der Waals surface area contributed by atoms with Crippen molar-refractivity contribution in [2.24, 2.45) is 0 Å². The van der Waals surface area contributed by atoms with Crippen molar-refractivity contribution in [1.29, 1.82) is 0 Å². The molecule has 17 heavy (non-hydrogen) atoms. The van der Waals surface area contributed by atoms with Gasteiger partial charge in [0.05, 0.1) is 5.56 Å². The van der Waals surface area contributed by atoms with Crippen LogP contribution in [-0.2, 0) is 0 Å². The van der Waals surface area contributed by atoms with E-state index in [9.17, 15) is 26.7 Å². The van der Waals surface area contributed by atoms with Crippen molar-refractivity contribution in [3.8, 4) is 5.88 Å². The van der Waals surface area contributed by atoms with Crippen LogP contribution in [0.2, 0.25) is 0 Å². The highest BCUT2D eigenvalue weighted by molar-refractivity contribution is 14.1. The predicted molar refractivity (Wildman–Crippen MR) is 54.0 cm³/mol. The summed E-state index contributed by atoms with van der Waals surface area (Å²) in [4.78, 5) is 13.5. The first-order chi connectivity index (χ1) is 7.74. The Balaban J connectivity index is 3.26. The van der Waals surface area contributed by atoms with Crippen LogP contribution in [-0.4, -0.2) is 17.6 Å². The second-order valence-electron chi connectivity index (χ2n) is 2.72. The third-order valence-electron chi connectivity index (χ3n) is 1.54. The van der Waals surface area contributed by atoms with Gasteiger partial charge >= 0.3 is 6.36 Å². The van der Waals surface area contributed by atoms with Gasteiger partial charge in [-0.3, -0.25) is 4.79 Å². The number of aldehydes is 1. The smallest absolute Gasteiger partial charge is 0.387 e. The summed E-state index contributed by atoms with van der Waals surface area (Å²) in [7, 11) is 0. The number of pyridine rings is 1. The van der Waals surface area contributed by atoms with Gasteiger partial charge in [0.1, 0.15) is 5.69 Å². The fourth-order valence-electron chi connectivity index (χ4n) is 0.928. The molecule has 0 fully saturated rings. The van der Waals surface area contributed by atoms with Crippen molar-refractivity contribution < 1.29 is 31.5 Å². The van der Waals surface area contributed by atoms with Crippen molar-refractivity contribution in [3.05, 3.63) is 20.9 Å². The second-order valence-corrected chi connectivity index (χ2v) is 3.88. The fourth-order valence-corrected chi connectivity index (χ4v) is 1.62. The van der Waals surface area contributed by atoms with E-state index >= 15 is 0 Å². The average molecular weight is 367 g/mol. The molecule has 0 saturated carbocycles. The summed E-state index contributed by atoms with van der Waals surface area (Å²) in [5.41, 5.74) is -1.41. The molecular weight excluding hydrogens is 364 g/mol. The van der Waals surface area contributed by atoms with Gasteiger partial charge in [-0.1, -0.05) is 0 Å². The van der Waals surface area contributed by atoms with E-state index in [1.165, 1.54) is 22.6 Å². The standard InChI is InChI=1S/C8H3F5INO2/c9-6(10)5-4(14)1-3(2-16)7(15-5)17-8(11,12)13/h1-2,6H. The lowest BCUT2D eigenvalue weighted by molar-refractivity contribution is -0.276. The Morgan fingerprint density at radius 3 is 2.41 bits per heavy atom. The van der Waals surface area contributed by atoms with Gasteiger partial charge < -0.3 is 4.74 Å². The number of hydrogen-bond acceptors (Lipinski definition) is 3. The normalized spacial score (nSPS) is 11.7. The summed E-state index contributed by atoms with van der Waals surface area (Å²) in [6.45, 7) is 0. The van der Waals surface area contributed by atoms with Gasteiger partial charge in [0.15, 0.2) is 6.29 Å². The number of aromatic nitrogens is 1. The Morgan fingerprint density at radius 1 is 1.41 bits per heavy atom. The topological polar surface area (TPSA) is 39.2 Å². The van der Waals surface area contributed by atoms with Crippen LogP contribution in [0.15, 0.2) is 6.07 Å². The number of ether oxygens (including phenoxy) is 1. The number of carbonyl (C=O) groups is 1. The van der Waals surface area contributed by atoms with Gasteiger partial charge in [0, 0.05) is 3.57 Å². The van der Waals surface area contributed by atoms with Crippen LogP contribution in [0.3, 0.4) is 0 Å². The molecule has 1 aromatic heterocycles. The lowest BCUT2D eigenvalue weighted by Crippen LogP contribution is -2.19. The van der Waals surface area contributed by atoms with E-state index in [2.05, 4.69) is 9.72 Å². The van der Waals surface area contributed by atoms with Crippen molar-refractivity contribution >= 4 is 28.9 Å². The fraction of sp³-hybridized carbons (Fsp3) is 0.250. The monoisotopic (exact) mass is 367 g/mol. The Bertz CT molecular complexity index is 435. The zero-order chi connectivity index (χ0) is 13.2. The molecule has 0 atom stereocenters. The lowest BCUT2D eigenvalue weighted by Gasteiger charge is -2.12. The van der Waals surface area contributed by atoms with Crippen LogP contribution >= 0.6 is 22.6 Å². The van der Waals surface area contributed by atoms with E-state index in [0.717, 1.165) is 6.07 Å². The van der Waals surface area contributed by atoms with Crippen LogP contribution in [0.5, 0.6) is 5.88 Å². The van der Waals surface area contributed by atoms with Gasteiger partial charge in [-0.15, -0.1) is 13.2 Å². The zero-order valence-electron chi connectivity index (χ0n) is 7.76. The predicted octanol–water partition coefficient (Wildman–Crippen LogP) is 3.33. The van der Waals surface area contributed by atoms with Gasteiger partial charge in [0.25, 0.3) is 6.43 Å². The van der Waals surface area contributed by atoms with Crippen molar-refractivity contribution in [3.63, 3.8) is 0 Å². The first kappa shape index (κ1) is 14.1. The van der Waals surface area contributed by atoms with Gasteiger partial charge in [-0.2, -0.15) is 0 Å². The maximum Gasteiger partial charge on any atom is 0.574 e. The maximum absolute atomic E-state index is 12.4. The van der Waals surface area contributed by atoms with E-state index in [4.69, 9.17) is 0 Å². The number of nitrogens with zero attached hydrogens (tertiary/aromatic N) is 1. The first-order valence-corrected chi connectivity index (χ1v) is 5.02. The summed E-state index contributed by atoms with van der Waals surface area (Å²) >= 11 is 1.44. The van der Waals surface area contributed by atoms with Crippen LogP contribution in [0.1, 0.15) is 22.5 Å². The Morgan fingerprint density at radius 2 is 2.00 bits per heavy atom. The quantitative estimate of drug-likeness (QED) is 0.468. The summed E-state index contributed by atoms with van der Waals surface area (Å²) < 4.78 is 63.8. The molecule has 3 nitrogen and oxygen atoms in total. The number of carbonyl (C=O) groups excluding carboxylic acids is 1. The second kappa shape index (κ2) is 5.10. The largest absolute Gasteiger partial charge is 0.574 e. The van der Waals surface area contributed by atoms with E-state index in [-0.39, 0.29) is 9.86 Å². The van der Waals surface area contributed by atoms with E-state index in [1.807, 2.05) is 0 Å². The molecule has 0 N–H and O–H groups in total. The molecule has 0 radical (unpaired) electrons. The molecule has 1 aromatic rings. The number of alkyl halides is 5. The molecule has 0 saturated heterocycles. The van der Waals surface area contributed by atoms with Crippen molar-refractivity contribution in [2.45, 2.75) is 12.8 Å². The zero-order valence-corrected chi connectivity index (χ0v) is 9.92. The molecule has 94 valence electrons. The summed E-state index contributed by atoms with van der Waals surface area (Å²) in [6.07, 6.45) is -8.11. The van der Waals surface area contributed by atoms with Gasteiger partial charge in [-0.25, -0.2) is 13.8 Å². The molecule has 1 heterocycles. The molecule has 1 rings (SSSR count). The minimum atomic E-state index is -5.10. The van der Waals surface area contributed by atoms with E-state index < -0.39 is 29.9 Å². The van der Waals surface area contributed by atoms with Crippen LogP contribution in [0, 0.1) is 3.57 Å². The molecule has 9 heteroatoms. The Labute approximate surface area is 105 Å². The molecule has 0 bridgehead atoms. The summed E-state index contributed by atoms with van der Waals surface area (Å²) in [5, 5.41) is 0. The van der Waals surface area contributed by atoms with Gasteiger partial charge in [0.2, 0.25) is 5.88 Å². The number of halogens is 6. The van der Waals surface area contributed by atoms with E-state index in [1.54, 1.807) is 0 Å². The molecule has 0 spiro atoms. The molecule has 0 unspecified atom stereocenters. The van der Waals surface area contributed by atoms with Crippen LogP contribution in [0.25, 0.3) is 0 Å². The molecule has 0 aliphatic rings. The van der Waals surface area contributed by atoms with Crippen molar-refractivity contribution in [2.75, 3.05) is 0 Å². The highest BCUT2D eigenvalue weighted by atomic mass is 127. The molecule has 0 aliphatic carbocycles. The molecular formula is C8H3F5INO2. The first-order valence-electron chi connectivity index (χ1n) is 3.94. The van der Waals surface area contributed by atoms with E-state index in [0.29, 0.717) is 0 Å². The minimum Gasteiger partial charge on any atom is -0.387 e. The SMILES string of the molecule is O=Cc1cc(I)c(C(F)F)nc1OC(F)(F)F. The summed E-state index contributed by atoms with van der Waals surface area (Å²) in [6, 6.07) is 0.850. The average Bonchev–Trinajstić information content (AvgIpc) is 2.17. The molecule has 0 aliphatic heterocycles. The molecule has 0 amide bonds.